The lowest BCUT2D eigenvalue weighted by molar-refractivity contribution is 0.555. The highest BCUT2D eigenvalue weighted by atomic mass is 35.5. The number of hydrogen-bond acceptors (Lipinski definition) is 2. The lowest BCUT2D eigenvalue weighted by Gasteiger charge is -2.18. The smallest absolute Gasteiger partial charge is 0.183 e. The molecule has 0 spiro atoms. The lowest BCUT2D eigenvalue weighted by atomic mass is 10.2. The number of aromatic nitrogens is 1. The van der Waals surface area contributed by atoms with Crippen LogP contribution in [0, 0.1) is 0 Å². The Labute approximate surface area is 88.7 Å². The Hall–Kier alpha value is -0.800. The van der Waals surface area contributed by atoms with Crippen molar-refractivity contribution < 1.29 is 0 Å². The molecule has 0 aliphatic heterocycles. The molecule has 0 aliphatic carbocycles. The summed E-state index contributed by atoms with van der Waals surface area (Å²) in [4.78, 5) is 11.2. The SMILES string of the molecule is CNCc1cc(=O)cc(Cl)n1C(C)C. The molecule has 0 unspecified atom stereocenters. The van der Waals surface area contributed by atoms with Gasteiger partial charge in [-0.25, -0.2) is 0 Å². The Morgan fingerprint density at radius 2 is 2.14 bits per heavy atom. The fourth-order valence-electron chi connectivity index (χ4n) is 1.50. The molecule has 14 heavy (non-hydrogen) atoms. The second kappa shape index (κ2) is 4.62. The molecule has 1 rings (SSSR count). The molecule has 4 heteroatoms. The predicted octanol–water partition coefficient (Wildman–Crippen LogP) is 1.80. The molecule has 0 saturated heterocycles. The molecule has 0 amide bonds. The summed E-state index contributed by atoms with van der Waals surface area (Å²) in [5, 5.41) is 3.51. The van der Waals surface area contributed by atoms with E-state index in [1.807, 2.05) is 25.5 Å². The zero-order valence-electron chi connectivity index (χ0n) is 8.67. The van der Waals surface area contributed by atoms with E-state index in [1.54, 1.807) is 6.07 Å². The highest BCUT2D eigenvalue weighted by Crippen LogP contribution is 2.16. The summed E-state index contributed by atoms with van der Waals surface area (Å²) in [5.74, 6) is 0. The van der Waals surface area contributed by atoms with Gasteiger partial charge in [-0.15, -0.1) is 0 Å². The highest BCUT2D eigenvalue weighted by Gasteiger charge is 2.08. The van der Waals surface area contributed by atoms with Crippen molar-refractivity contribution >= 4 is 11.6 Å². The van der Waals surface area contributed by atoms with Gasteiger partial charge in [0, 0.05) is 30.4 Å². The summed E-state index contributed by atoms with van der Waals surface area (Å²) in [7, 11) is 1.84. The topological polar surface area (TPSA) is 34.0 Å². The van der Waals surface area contributed by atoms with Gasteiger partial charge in [-0.2, -0.15) is 0 Å². The average Bonchev–Trinajstić information content (AvgIpc) is 2.01. The summed E-state index contributed by atoms with van der Waals surface area (Å²) >= 11 is 6.00. The maximum atomic E-state index is 11.2. The van der Waals surface area contributed by atoms with Crippen molar-refractivity contribution in [2.24, 2.45) is 0 Å². The second-order valence-corrected chi connectivity index (χ2v) is 3.89. The van der Waals surface area contributed by atoms with Crippen LogP contribution in [0.25, 0.3) is 0 Å². The van der Waals surface area contributed by atoms with Crippen LogP contribution in [-0.2, 0) is 6.54 Å². The van der Waals surface area contributed by atoms with Gasteiger partial charge in [0.2, 0.25) is 0 Å². The van der Waals surface area contributed by atoms with Crippen LogP contribution in [0.15, 0.2) is 16.9 Å². The predicted molar refractivity (Wildman–Crippen MR) is 58.9 cm³/mol. The van der Waals surface area contributed by atoms with Crippen LogP contribution in [0.2, 0.25) is 5.15 Å². The maximum absolute atomic E-state index is 11.2. The molecule has 0 radical (unpaired) electrons. The molecule has 78 valence electrons. The normalized spacial score (nSPS) is 10.9. The van der Waals surface area contributed by atoms with Crippen molar-refractivity contribution in [2.75, 3.05) is 7.05 Å². The Morgan fingerprint density at radius 1 is 1.50 bits per heavy atom. The third-order valence-electron chi connectivity index (χ3n) is 1.98. The van der Waals surface area contributed by atoms with E-state index in [1.165, 1.54) is 6.07 Å². The minimum atomic E-state index is -0.0443. The van der Waals surface area contributed by atoms with Gasteiger partial charge in [0.05, 0.1) is 0 Å². The Balaban J connectivity index is 3.29. The van der Waals surface area contributed by atoms with Crippen molar-refractivity contribution in [2.45, 2.75) is 26.4 Å². The van der Waals surface area contributed by atoms with Gasteiger partial charge in [-0.1, -0.05) is 11.6 Å². The fraction of sp³-hybridized carbons (Fsp3) is 0.500. The molecule has 0 fully saturated rings. The van der Waals surface area contributed by atoms with Crippen LogP contribution in [0.3, 0.4) is 0 Å². The Morgan fingerprint density at radius 3 is 2.64 bits per heavy atom. The van der Waals surface area contributed by atoms with Crippen molar-refractivity contribution in [1.82, 2.24) is 9.88 Å². The fourth-order valence-corrected chi connectivity index (χ4v) is 1.91. The van der Waals surface area contributed by atoms with E-state index in [4.69, 9.17) is 11.6 Å². The van der Waals surface area contributed by atoms with Crippen molar-refractivity contribution in [3.63, 3.8) is 0 Å². The molecule has 1 aromatic heterocycles. The first-order valence-corrected chi connectivity index (χ1v) is 4.99. The van der Waals surface area contributed by atoms with Gasteiger partial charge < -0.3 is 9.88 Å². The molecule has 0 saturated carbocycles. The summed E-state index contributed by atoms with van der Waals surface area (Å²) in [5.41, 5.74) is 0.872. The third kappa shape index (κ3) is 2.36. The second-order valence-electron chi connectivity index (χ2n) is 3.50. The van der Waals surface area contributed by atoms with Crippen molar-refractivity contribution in [3.05, 3.63) is 33.2 Å². The molecule has 0 atom stereocenters. The lowest BCUT2D eigenvalue weighted by Crippen LogP contribution is -2.19. The minimum Gasteiger partial charge on any atom is -0.332 e. The van der Waals surface area contributed by atoms with Crippen LogP contribution in [0.1, 0.15) is 25.6 Å². The summed E-state index contributed by atoms with van der Waals surface area (Å²) < 4.78 is 1.94. The molecule has 0 aliphatic rings. The van der Waals surface area contributed by atoms with E-state index >= 15 is 0 Å². The highest BCUT2D eigenvalue weighted by molar-refractivity contribution is 6.29. The van der Waals surface area contributed by atoms with Crippen molar-refractivity contribution in [1.29, 1.82) is 0 Å². The number of rotatable bonds is 3. The summed E-state index contributed by atoms with van der Waals surface area (Å²) in [6.07, 6.45) is 0. The van der Waals surface area contributed by atoms with Crippen LogP contribution < -0.4 is 10.7 Å². The Kier molecular flexibility index (Phi) is 3.72. The van der Waals surface area contributed by atoms with Gasteiger partial charge in [0.1, 0.15) is 5.15 Å². The van der Waals surface area contributed by atoms with Crippen LogP contribution >= 0.6 is 11.6 Å². The van der Waals surface area contributed by atoms with Gasteiger partial charge in [0.15, 0.2) is 5.43 Å². The molecule has 1 aromatic rings. The molecule has 1 heterocycles. The van der Waals surface area contributed by atoms with E-state index in [-0.39, 0.29) is 11.5 Å². The van der Waals surface area contributed by atoms with Crippen LogP contribution in [-0.4, -0.2) is 11.6 Å². The van der Waals surface area contributed by atoms with Crippen molar-refractivity contribution in [3.8, 4) is 0 Å². The van der Waals surface area contributed by atoms with Crippen LogP contribution in [0.4, 0.5) is 0 Å². The molecular weight excluding hydrogens is 200 g/mol. The Bertz CT molecular complexity index is 371. The van der Waals surface area contributed by atoms with E-state index in [0.29, 0.717) is 11.7 Å². The molecule has 3 nitrogen and oxygen atoms in total. The van der Waals surface area contributed by atoms with E-state index in [9.17, 15) is 4.79 Å². The van der Waals surface area contributed by atoms with Gasteiger partial charge >= 0.3 is 0 Å². The minimum absolute atomic E-state index is 0.0443. The molecular formula is C10H15ClN2O. The first kappa shape index (κ1) is 11.3. The first-order chi connectivity index (χ1) is 6.56. The summed E-state index contributed by atoms with van der Waals surface area (Å²) in [6, 6.07) is 3.31. The number of nitrogens with one attached hydrogen (secondary N) is 1. The monoisotopic (exact) mass is 214 g/mol. The van der Waals surface area contributed by atoms with Crippen LogP contribution in [0.5, 0.6) is 0 Å². The molecule has 1 N–H and O–H groups in total. The molecule has 0 aromatic carbocycles. The number of hydrogen-bond donors (Lipinski definition) is 1. The molecule has 0 bridgehead atoms. The van der Waals surface area contributed by atoms with E-state index < -0.39 is 0 Å². The number of nitrogens with zero attached hydrogens (tertiary/aromatic N) is 1. The zero-order chi connectivity index (χ0) is 10.7. The number of halogens is 1. The standard InChI is InChI=1S/C10H15ClN2O/c1-7(2)13-8(6-12-3)4-9(14)5-10(13)11/h4-5,7,12H,6H2,1-3H3. The summed E-state index contributed by atoms with van der Waals surface area (Å²) in [6.45, 7) is 4.72. The van der Waals surface area contributed by atoms with E-state index in [2.05, 4.69) is 5.32 Å². The first-order valence-electron chi connectivity index (χ1n) is 4.62. The quantitative estimate of drug-likeness (QED) is 0.779. The van der Waals surface area contributed by atoms with Gasteiger partial charge in [-0.05, 0) is 20.9 Å². The van der Waals surface area contributed by atoms with Gasteiger partial charge in [0.25, 0.3) is 0 Å². The average molecular weight is 215 g/mol. The van der Waals surface area contributed by atoms with Gasteiger partial charge in [-0.3, -0.25) is 4.79 Å². The largest absolute Gasteiger partial charge is 0.332 e. The number of pyridine rings is 1. The van der Waals surface area contributed by atoms with E-state index in [0.717, 1.165) is 5.69 Å². The third-order valence-corrected chi connectivity index (χ3v) is 2.28. The zero-order valence-corrected chi connectivity index (χ0v) is 9.43. The maximum Gasteiger partial charge on any atom is 0.183 e.